The molecule has 0 aromatic heterocycles. The first kappa shape index (κ1) is 14.5. The lowest BCUT2D eigenvalue weighted by molar-refractivity contribution is -0.662. The van der Waals surface area contributed by atoms with Gasteiger partial charge in [-0.2, -0.15) is 0 Å². The number of carboxylic acids is 2. The van der Waals surface area contributed by atoms with E-state index in [0.717, 1.165) is 24.9 Å². The summed E-state index contributed by atoms with van der Waals surface area (Å²) in [4.78, 5) is 22.5. The van der Waals surface area contributed by atoms with Gasteiger partial charge in [0, 0.05) is 5.92 Å². The van der Waals surface area contributed by atoms with E-state index in [0.29, 0.717) is 0 Å². The highest BCUT2D eigenvalue weighted by Gasteiger charge is 2.44. The van der Waals surface area contributed by atoms with Gasteiger partial charge in [0.25, 0.3) is 0 Å². The average Bonchev–Trinajstić information content (AvgIpc) is 2.83. The Bertz CT molecular complexity index is 514. The quantitative estimate of drug-likeness (QED) is 0.746. The lowest BCUT2D eigenvalue weighted by Gasteiger charge is -2.19. The molecule has 0 amide bonds. The van der Waals surface area contributed by atoms with Crippen LogP contribution >= 0.6 is 0 Å². The molecule has 0 bridgehead atoms. The van der Waals surface area contributed by atoms with Crippen molar-refractivity contribution in [2.24, 2.45) is 5.92 Å². The molecule has 1 fully saturated rings. The molecular weight excluding hydrogens is 258 g/mol. The summed E-state index contributed by atoms with van der Waals surface area (Å²) in [5.74, 6) is -1.64. The molecule has 1 aromatic rings. The van der Waals surface area contributed by atoms with Crippen molar-refractivity contribution in [3.63, 3.8) is 0 Å². The van der Waals surface area contributed by atoms with Gasteiger partial charge < -0.3 is 15.5 Å². The van der Waals surface area contributed by atoms with Crippen LogP contribution in [0.25, 0.3) is 0 Å². The number of aromatic carboxylic acids is 1. The summed E-state index contributed by atoms with van der Waals surface area (Å²) in [6.45, 7) is 2.87. The van der Waals surface area contributed by atoms with Crippen molar-refractivity contribution in [2.45, 2.75) is 31.7 Å². The summed E-state index contributed by atoms with van der Waals surface area (Å²) < 4.78 is 0. The van der Waals surface area contributed by atoms with Crippen LogP contribution in [0.3, 0.4) is 0 Å². The van der Waals surface area contributed by atoms with Crippen LogP contribution in [0.5, 0.6) is 0 Å². The Morgan fingerprint density at radius 2 is 2.10 bits per heavy atom. The molecule has 0 spiro atoms. The van der Waals surface area contributed by atoms with Gasteiger partial charge in [0.2, 0.25) is 0 Å². The molecule has 1 aliphatic heterocycles. The number of benzene rings is 1. The van der Waals surface area contributed by atoms with E-state index in [1.54, 1.807) is 12.1 Å². The van der Waals surface area contributed by atoms with Crippen LogP contribution in [-0.4, -0.2) is 34.7 Å². The zero-order valence-corrected chi connectivity index (χ0v) is 11.5. The van der Waals surface area contributed by atoms with Gasteiger partial charge in [0.15, 0.2) is 6.04 Å². The molecule has 1 aliphatic rings. The molecule has 1 aromatic carbocycles. The monoisotopic (exact) mass is 278 g/mol. The average molecular weight is 278 g/mol. The van der Waals surface area contributed by atoms with E-state index in [1.165, 1.54) is 6.07 Å². The van der Waals surface area contributed by atoms with Crippen LogP contribution in [-0.2, 0) is 4.79 Å². The van der Waals surface area contributed by atoms with Crippen LogP contribution < -0.4 is 5.32 Å². The predicted octanol–water partition coefficient (Wildman–Crippen LogP) is 0.915. The third-order valence-corrected chi connectivity index (χ3v) is 4.05. The maximum Gasteiger partial charge on any atom is 0.363 e. The van der Waals surface area contributed by atoms with E-state index in [4.69, 9.17) is 5.11 Å². The van der Waals surface area contributed by atoms with Crippen LogP contribution in [0.4, 0.5) is 0 Å². The molecule has 0 aliphatic carbocycles. The summed E-state index contributed by atoms with van der Waals surface area (Å²) in [6.07, 6.45) is 1.96. The molecule has 1 heterocycles. The summed E-state index contributed by atoms with van der Waals surface area (Å²) in [7, 11) is 0. The third kappa shape index (κ3) is 2.82. The van der Waals surface area contributed by atoms with Gasteiger partial charge in [0.1, 0.15) is 0 Å². The molecule has 1 saturated heterocycles. The zero-order valence-electron chi connectivity index (χ0n) is 11.5. The Kier molecular flexibility index (Phi) is 4.39. The van der Waals surface area contributed by atoms with Crippen molar-refractivity contribution in [1.29, 1.82) is 0 Å². The van der Waals surface area contributed by atoms with E-state index in [9.17, 15) is 14.7 Å². The number of aliphatic carboxylic acids is 1. The molecule has 3 atom stereocenters. The number of hydrogen-bond acceptors (Lipinski definition) is 2. The van der Waals surface area contributed by atoms with Crippen molar-refractivity contribution in [3.8, 4) is 0 Å². The Morgan fingerprint density at radius 3 is 2.70 bits per heavy atom. The topological polar surface area (TPSA) is 91.2 Å². The molecular formula is C15H20NO4+. The van der Waals surface area contributed by atoms with Crippen molar-refractivity contribution < 1.29 is 25.1 Å². The third-order valence-electron chi connectivity index (χ3n) is 4.05. The molecule has 0 saturated carbocycles. The van der Waals surface area contributed by atoms with Crippen molar-refractivity contribution in [2.75, 3.05) is 6.54 Å². The van der Waals surface area contributed by atoms with Gasteiger partial charge in [-0.05, 0) is 24.1 Å². The Balaban J connectivity index is 2.36. The van der Waals surface area contributed by atoms with Crippen molar-refractivity contribution in [1.82, 2.24) is 0 Å². The first-order chi connectivity index (χ1) is 9.54. The molecule has 0 unspecified atom stereocenters. The Hall–Kier alpha value is -1.88. The SMILES string of the molecule is CCC[C@@H]1C[NH2+][C@H](C(=O)O)[C@H]1c1cccc(C(=O)O)c1. The fourth-order valence-electron chi connectivity index (χ4n) is 3.19. The maximum absolute atomic E-state index is 11.4. The lowest BCUT2D eigenvalue weighted by atomic mass is 9.81. The standard InChI is InChI=1S/C15H19NO4/c1-2-4-11-8-16-13(15(19)20)12(11)9-5-3-6-10(7-9)14(17)18/h3,5-7,11-13,16H,2,4,8H2,1H3,(H,17,18)(H,19,20)/p+1/t11-,12+,13+/m1/s1. The minimum Gasteiger partial charge on any atom is -0.478 e. The second-order valence-corrected chi connectivity index (χ2v) is 5.34. The summed E-state index contributed by atoms with van der Waals surface area (Å²) in [6, 6.07) is 6.17. The van der Waals surface area contributed by atoms with E-state index in [2.05, 4.69) is 6.92 Å². The molecule has 4 N–H and O–H groups in total. The highest BCUT2D eigenvalue weighted by Crippen LogP contribution is 2.33. The van der Waals surface area contributed by atoms with Gasteiger partial charge in [-0.15, -0.1) is 0 Å². The highest BCUT2D eigenvalue weighted by atomic mass is 16.4. The van der Waals surface area contributed by atoms with Crippen LogP contribution in [0.15, 0.2) is 24.3 Å². The number of carbonyl (C=O) groups is 2. The molecule has 5 nitrogen and oxygen atoms in total. The zero-order chi connectivity index (χ0) is 14.7. The van der Waals surface area contributed by atoms with Gasteiger partial charge >= 0.3 is 11.9 Å². The van der Waals surface area contributed by atoms with E-state index < -0.39 is 18.0 Å². The lowest BCUT2D eigenvalue weighted by Crippen LogP contribution is -2.89. The largest absolute Gasteiger partial charge is 0.478 e. The first-order valence-corrected chi connectivity index (χ1v) is 6.94. The maximum atomic E-state index is 11.4. The van der Waals surface area contributed by atoms with Crippen LogP contribution in [0, 0.1) is 5.92 Å². The van der Waals surface area contributed by atoms with E-state index >= 15 is 0 Å². The van der Waals surface area contributed by atoms with Gasteiger partial charge in [0.05, 0.1) is 18.0 Å². The van der Waals surface area contributed by atoms with Gasteiger partial charge in [-0.1, -0.05) is 25.5 Å². The molecule has 2 rings (SSSR count). The molecule has 108 valence electrons. The molecule has 0 radical (unpaired) electrons. The van der Waals surface area contributed by atoms with Crippen LogP contribution in [0.1, 0.15) is 41.6 Å². The number of quaternary nitrogens is 1. The molecule has 5 heteroatoms. The van der Waals surface area contributed by atoms with Gasteiger partial charge in [-0.25, -0.2) is 9.59 Å². The Labute approximate surface area is 117 Å². The predicted molar refractivity (Wildman–Crippen MR) is 72.8 cm³/mol. The fraction of sp³-hybridized carbons (Fsp3) is 0.467. The number of hydrogen-bond donors (Lipinski definition) is 3. The summed E-state index contributed by atoms with van der Waals surface area (Å²) in [5, 5.41) is 20.3. The second kappa shape index (κ2) is 6.05. The first-order valence-electron chi connectivity index (χ1n) is 6.94. The summed E-state index contributed by atoms with van der Waals surface area (Å²) in [5.41, 5.74) is 1.04. The molecule has 20 heavy (non-hydrogen) atoms. The van der Waals surface area contributed by atoms with Gasteiger partial charge in [-0.3, -0.25) is 0 Å². The van der Waals surface area contributed by atoms with E-state index in [1.807, 2.05) is 11.4 Å². The number of nitrogens with two attached hydrogens (primary N) is 1. The smallest absolute Gasteiger partial charge is 0.363 e. The fourth-order valence-corrected chi connectivity index (χ4v) is 3.19. The number of rotatable bonds is 5. The van der Waals surface area contributed by atoms with E-state index in [-0.39, 0.29) is 17.4 Å². The second-order valence-electron chi connectivity index (χ2n) is 5.34. The van der Waals surface area contributed by atoms with Crippen LogP contribution in [0.2, 0.25) is 0 Å². The minimum absolute atomic E-state index is 0.119. The normalized spacial score (nSPS) is 25.6. The highest BCUT2D eigenvalue weighted by molar-refractivity contribution is 5.87. The van der Waals surface area contributed by atoms with Crippen molar-refractivity contribution in [3.05, 3.63) is 35.4 Å². The van der Waals surface area contributed by atoms with Crippen molar-refractivity contribution >= 4 is 11.9 Å². The number of carboxylic acid groups (broad SMARTS) is 2. The Morgan fingerprint density at radius 1 is 1.35 bits per heavy atom. The minimum atomic E-state index is -0.979. The summed E-state index contributed by atoms with van der Waals surface area (Å²) >= 11 is 0.